The predicted octanol–water partition coefficient (Wildman–Crippen LogP) is 2.99. The number of nitrogens with one attached hydrogen (secondary N) is 2. The number of carbonyl (C=O) groups excluding carboxylic acids is 2. The SMILES string of the molecule is Cc1ccc(NC(=O)c2cccnc2)cc1NC(=O)C1CC1. The smallest absolute Gasteiger partial charge is 0.257 e. The van der Waals surface area contributed by atoms with Crippen molar-refractivity contribution in [3.63, 3.8) is 0 Å². The fraction of sp³-hybridized carbons (Fsp3) is 0.235. The van der Waals surface area contributed by atoms with Crippen molar-refractivity contribution in [2.24, 2.45) is 5.92 Å². The molecule has 0 spiro atoms. The molecule has 1 aromatic heterocycles. The Morgan fingerprint density at radius 2 is 2.00 bits per heavy atom. The summed E-state index contributed by atoms with van der Waals surface area (Å²) in [5.74, 6) is -0.0247. The Balaban J connectivity index is 1.74. The van der Waals surface area contributed by atoms with Crippen molar-refractivity contribution in [3.8, 4) is 0 Å². The molecule has 2 amide bonds. The zero-order valence-corrected chi connectivity index (χ0v) is 12.3. The van der Waals surface area contributed by atoms with Gasteiger partial charge in [-0.3, -0.25) is 14.6 Å². The number of carbonyl (C=O) groups is 2. The fourth-order valence-corrected chi connectivity index (χ4v) is 2.12. The second kappa shape index (κ2) is 5.97. The summed E-state index contributed by atoms with van der Waals surface area (Å²) in [6.45, 7) is 1.93. The summed E-state index contributed by atoms with van der Waals surface area (Å²) in [4.78, 5) is 27.9. The first-order chi connectivity index (χ1) is 10.6. The van der Waals surface area contributed by atoms with Gasteiger partial charge < -0.3 is 10.6 Å². The Hall–Kier alpha value is -2.69. The van der Waals surface area contributed by atoms with E-state index in [0.717, 1.165) is 24.1 Å². The zero-order valence-electron chi connectivity index (χ0n) is 12.3. The van der Waals surface area contributed by atoms with Crippen LogP contribution in [0.5, 0.6) is 0 Å². The summed E-state index contributed by atoms with van der Waals surface area (Å²) in [5.41, 5.74) is 2.84. The van der Waals surface area contributed by atoms with Crippen LogP contribution in [0.25, 0.3) is 0 Å². The molecule has 1 aliphatic carbocycles. The van der Waals surface area contributed by atoms with Crippen LogP contribution in [-0.4, -0.2) is 16.8 Å². The quantitative estimate of drug-likeness (QED) is 0.911. The highest BCUT2D eigenvalue weighted by molar-refractivity contribution is 6.04. The van der Waals surface area contributed by atoms with E-state index in [1.807, 2.05) is 19.1 Å². The van der Waals surface area contributed by atoms with Crippen LogP contribution in [0.2, 0.25) is 0 Å². The lowest BCUT2D eigenvalue weighted by atomic mass is 10.1. The topological polar surface area (TPSA) is 71.1 Å². The Morgan fingerprint density at radius 3 is 2.68 bits per heavy atom. The van der Waals surface area contributed by atoms with E-state index >= 15 is 0 Å². The van der Waals surface area contributed by atoms with Crippen molar-refractivity contribution in [1.82, 2.24) is 4.98 Å². The number of hydrogen-bond acceptors (Lipinski definition) is 3. The van der Waals surface area contributed by atoms with E-state index in [0.29, 0.717) is 11.3 Å². The van der Waals surface area contributed by atoms with Gasteiger partial charge in [-0.1, -0.05) is 6.07 Å². The lowest BCUT2D eigenvalue weighted by Gasteiger charge is -2.11. The number of benzene rings is 1. The number of rotatable bonds is 4. The highest BCUT2D eigenvalue weighted by Crippen LogP contribution is 2.31. The molecule has 112 valence electrons. The van der Waals surface area contributed by atoms with Crippen molar-refractivity contribution in [2.45, 2.75) is 19.8 Å². The number of aryl methyl sites for hydroxylation is 1. The Morgan fingerprint density at radius 1 is 1.18 bits per heavy atom. The molecule has 22 heavy (non-hydrogen) atoms. The Bertz CT molecular complexity index is 709. The number of amides is 2. The molecule has 0 bridgehead atoms. The Labute approximate surface area is 128 Å². The number of anilines is 2. The largest absolute Gasteiger partial charge is 0.326 e. The minimum atomic E-state index is -0.226. The van der Waals surface area contributed by atoms with E-state index in [1.165, 1.54) is 6.20 Å². The summed E-state index contributed by atoms with van der Waals surface area (Å²) in [5, 5.41) is 5.74. The van der Waals surface area contributed by atoms with Gasteiger partial charge in [-0.05, 0) is 49.6 Å². The van der Waals surface area contributed by atoms with Crippen LogP contribution in [0.1, 0.15) is 28.8 Å². The van der Waals surface area contributed by atoms with Gasteiger partial charge in [0.2, 0.25) is 5.91 Å². The molecule has 1 saturated carbocycles. The van der Waals surface area contributed by atoms with Crippen LogP contribution < -0.4 is 10.6 Å². The molecule has 0 aliphatic heterocycles. The number of pyridine rings is 1. The third kappa shape index (κ3) is 3.31. The average molecular weight is 295 g/mol. The average Bonchev–Trinajstić information content (AvgIpc) is 3.36. The molecular formula is C17H17N3O2. The van der Waals surface area contributed by atoms with E-state index in [9.17, 15) is 9.59 Å². The molecule has 2 N–H and O–H groups in total. The fourth-order valence-electron chi connectivity index (χ4n) is 2.12. The second-order valence-corrected chi connectivity index (χ2v) is 5.49. The first-order valence-corrected chi connectivity index (χ1v) is 7.26. The maximum atomic E-state index is 12.1. The van der Waals surface area contributed by atoms with Crippen molar-refractivity contribution in [3.05, 3.63) is 53.9 Å². The molecule has 0 saturated heterocycles. The van der Waals surface area contributed by atoms with Gasteiger partial charge in [-0.15, -0.1) is 0 Å². The maximum absolute atomic E-state index is 12.1. The van der Waals surface area contributed by atoms with Crippen molar-refractivity contribution < 1.29 is 9.59 Å². The third-order valence-corrected chi connectivity index (χ3v) is 3.63. The molecule has 1 heterocycles. The van der Waals surface area contributed by atoms with Gasteiger partial charge in [0.15, 0.2) is 0 Å². The van der Waals surface area contributed by atoms with Gasteiger partial charge in [0, 0.05) is 29.7 Å². The molecule has 2 aromatic rings. The van der Waals surface area contributed by atoms with Gasteiger partial charge in [-0.25, -0.2) is 0 Å². The van der Waals surface area contributed by atoms with Crippen LogP contribution in [0.4, 0.5) is 11.4 Å². The van der Waals surface area contributed by atoms with Crippen LogP contribution >= 0.6 is 0 Å². The monoisotopic (exact) mass is 295 g/mol. The van der Waals surface area contributed by atoms with Crippen molar-refractivity contribution in [2.75, 3.05) is 10.6 Å². The van der Waals surface area contributed by atoms with Gasteiger partial charge in [-0.2, -0.15) is 0 Å². The highest BCUT2D eigenvalue weighted by Gasteiger charge is 2.29. The number of hydrogen-bond donors (Lipinski definition) is 2. The molecule has 1 fully saturated rings. The van der Waals surface area contributed by atoms with E-state index in [-0.39, 0.29) is 17.7 Å². The third-order valence-electron chi connectivity index (χ3n) is 3.63. The number of nitrogens with zero attached hydrogens (tertiary/aromatic N) is 1. The molecule has 0 unspecified atom stereocenters. The van der Waals surface area contributed by atoms with Crippen LogP contribution in [0.3, 0.4) is 0 Å². The van der Waals surface area contributed by atoms with E-state index < -0.39 is 0 Å². The maximum Gasteiger partial charge on any atom is 0.257 e. The molecule has 1 aliphatic rings. The summed E-state index contributed by atoms with van der Waals surface area (Å²) in [6, 6.07) is 8.89. The number of aromatic nitrogens is 1. The molecule has 0 atom stereocenters. The van der Waals surface area contributed by atoms with Crippen molar-refractivity contribution >= 4 is 23.2 Å². The van der Waals surface area contributed by atoms with E-state index in [2.05, 4.69) is 15.6 Å². The Kier molecular flexibility index (Phi) is 3.87. The van der Waals surface area contributed by atoms with Crippen molar-refractivity contribution in [1.29, 1.82) is 0 Å². The molecule has 5 heteroatoms. The summed E-state index contributed by atoms with van der Waals surface area (Å²) < 4.78 is 0. The predicted molar refractivity (Wildman–Crippen MR) is 84.7 cm³/mol. The standard InChI is InChI=1S/C17H17N3O2/c1-11-4-7-14(9-15(11)20-16(21)12-5-6-12)19-17(22)13-3-2-8-18-10-13/h2-4,7-10,12H,5-6H2,1H3,(H,19,22)(H,20,21). The first-order valence-electron chi connectivity index (χ1n) is 7.26. The lowest BCUT2D eigenvalue weighted by molar-refractivity contribution is -0.117. The lowest BCUT2D eigenvalue weighted by Crippen LogP contribution is -2.15. The minimum Gasteiger partial charge on any atom is -0.326 e. The van der Waals surface area contributed by atoms with Gasteiger partial charge in [0.05, 0.1) is 5.56 Å². The molecule has 3 rings (SSSR count). The molecular weight excluding hydrogens is 278 g/mol. The van der Waals surface area contributed by atoms with Gasteiger partial charge in [0.25, 0.3) is 5.91 Å². The second-order valence-electron chi connectivity index (χ2n) is 5.49. The van der Waals surface area contributed by atoms with Gasteiger partial charge >= 0.3 is 0 Å². The minimum absolute atomic E-state index is 0.0545. The zero-order chi connectivity index (χ0) is 15.5. The first kappa shape index (κ1) is 14.3. The van der Waals surface area contributed by atoms with E-state index in [4.69, 9.17) is 0 Å². The van der Waals surface area contributed by atoms with Crippen LogP contribution in [-0.2, 0) is 4.79 Å². The summed E-state index contributed by atoms with van der Waals surface area (Å²) in [6.07, 6.45) is 5.05. The summed E-state index contributed by atoms with van der Waals surface area (Å²) in [7, 11) is 0. The normalized spacial score (nSPS) is 13.5. The van der Waals surface area contributed by atoms with Gasteiger partial charge in [0.1, 0.15) is 0 Å². The highest BCUT2D eigenvalue weighted by atomic mass is 16.2. The van der Waals surface area contributed by atoms with Crippen LogP contribution in [0, 0.1) is 12.8 Å². The molecule has 0 radical (unpaired) electrons. The summed E-state index contributed by atoms with van der Waals surface area (Å²) >= 11 is 0. The van der Waals surface area contributed by atoms with E-state index in [1.54, 1.807) is 24.4 Å². The molecule has 5 nitrogen and oxygen atoms in total. The molecule has 1 aromatic carbocycles. The van der Waals surface area contributed by atoms with Crippen LogP contribution in [0.15, 0.2) is 42.7 Å².